The van der Waals surface area contributed by atoms with Crippen molar-refractivity contribution in [1.82, 2.24) is 23.5 Å². The maximum atomic E-state index is 13.4. The van der Waals surface area contributed by atoms with Crippen LogP contribution < -0.4 is 5.56 Å². The van der Waals surface area contributed by atoms with Gasteiger partial charge in [-0.25, -0.2) is 9.38 Å². The zero-order chi connectivity index (χ0) is 29.0. The highest BCUT2D eigenvalue weighted by molar-refractivity contribution is 6.74. The largest absolute Gasteiger partial charge is 0.407 e. The van der Waals surface area contributed by atoms with Gasteiger partial charge in [0.2, 0.25) is 5.78 Å². The van der Waals surface area contributed by atoms with Gasteiger partial charge in [0.05, 0.1) is 17.4 Å². The van der Waals surface area contributed by atoms with E-state index in [2.05, 4.69) is 38.8 Å². The number of rotatable bonds is 8. The van der Waals surface area contributed by atoms with Crippen molar-refractivity contribution < 1.29 is 19.2 Å². The topological polar surface area (TPSA) is 139 Å². The average molecular weight is 569 g/mol. The van der Waals surface area contributed by atoms with Crippen molar-refractivity contribution in [2.45, 2.75) is 89.8 Å². The molecule has 40 heavy (non-hydrogen) atoms. The Hall–Kier alpha value is -3.39. The monoisotopic (exact) mass is 568 g/mol. The number of aliphatic hydroxyl groups excluding tert-OH is 1. The Kier molecular flexibility index (Phi) is 7.19. The predicted octanol–water partition coefficient (Wildman–Crippen LogP) is 4.06. The summed E-state index contributed by atoms with van der Waals surface area (Å²) >= 11 is 0. The van der Waals surface area contributed by atoms with E-state index < -0.39 is 37.8 Å². The second kappa shape index (κ2) is 10.2. The first kappa shape index (κ1) is 28.1. The summed E-state index contributed by atoms with van der Waals surface area (Å²) in [5.41, 5.74) is 1.23. The molecule has 0 radical (unpaired) electrons. The van der Waals surface area contributed by atoms with Gasteiger partial charge in [-0.2, -0.15) is 4.98 Å². The summed E-state index contributed by atoms with van der Waals surface area (Å²) in [6.07, 6.45) is 3.58. The fourth-order valence-corrected chi connectivity index (χ4v) is 6.13. The minimum Gasteiger partial charge on any atom is -0.407 e. The standard InChI is InChI=1S/C27H36N6O6Si/c1-7-19-21(34)22(39-40(5,6)27(2,3)4)25(38-19)32-16-28-20-23(32)29-26-30(14-15-31(26)24(20)35)13-12-17-8-10-18(11-9-17)33(36)37/h8-11,14-16,19,21-22,25,34H,7,12-13H2,1-6H3/t19-,21-,22-,25-/m1/s1. The number of non-ortho nitro benzene ring substituents is 1. The van der Waals surface area contributed by atoms with Gasteiger partial charge in [-0.15, -0.1) is 0 Å². The molecule has 214 valence electrons. The minimum atomic E-state index is -2.28. The third-order valence-corrected chi connectivity index (χ3v) is 12.8. The Labute approximate surface area is 232 Å². The van der Waals surface area contributed by atoms with Crippen molar-refractivity contribution >= 4 is 30.9 Å². The lowest BCUT2D eigenvalue weighted by Crippen LogP contribution is -2.48. The number of nitro groups is 1. The van der Waals surface area contributed by atoms with Gasteiger partial charge in [-0.1, -0.05) is 39.8 Å². The molecule has 0 saturated carbocycles. The molecular weight excluding hydrogens is 532 g/mol. The molecule has 13 heteroatoms. The van der Waals surface area contributed by atoms with Crippen LogP contribution in [-0.2, 0) is 22.1 Å². The van der Waals surface area contributed by atoms with Gasteiger partial charge in [-0.3, -0.25) is 19.5 Å². The summed E-state index contributed by atoms with van der Waals surface area (Å²) < 4.78 is 18.0. The maximum absolute atomic E-state index is 13.4. The summed E-state index contributed by atoms with van der Waals surface area (Å²) in [6, 6.07) is 6.42. The van der Waals surface area contributed by atoms with Crippen LogP contribution in [0.3, 0.4) is 0 Å². The van der Waals surface area contributed by atoms with E-state index >= 15 is 0 Å². The van der Waals surface area contributed by atoms with Crippen LogP contribution in [0, 0.1) is 10.1 Å². The first-order chi connectivity index (χ1) is 18.8. The molecule has 0 spiro atoms. The molecule has 1 N–H and O–H groups in total. The van der Waals surface area contributed by atoms with Crippen LogP contribution in [0.4, 0.5) is 5.69 Å². The van der Waals surface area contributed by atoms with Crippen LogP contribution in [0.25, 0.3) is 16.9 Å². The van der Waals surface area contributed by atoms with Crippen LogP contribution in [-0.4, -0.2) is 60.2 Å². The van der Waals surface area contributed by atoms with Crippen molar-refractivity contribution in [3.05, 3.63) is 69.0 Å². The zero-order valence-electron chi connectivity index (χ0n) is 23.6. The highest BCUT2D eigenvalue weighted by Crippen LogP contribution is 2.42. The summed E-state index contributed by atoms with van der Waals surface area (Å²) in [7, 11) is -2.28. The quantitative estimate of drug-likeness (QED) is 0.191. The number of nitro benzene ring substituents is 1. The molecule has 0 amide bonds. The van der Waals surface area contributed by atoms with Crippen LogP contribution >= 0.6 is 0 Å². The Balaban J connectivity index is 1.51. The third kappa shape index (κ3) is 4.87. The number of aliphatic hydroxyl groups is 1. The van der Waals surface area contributed by atoms with Crippen LogP contribution in [0.15, 0.2) is 47.8 Å². The number of aryl methyl sites for hydroxylation is 2. The fraction of sp³-hybridized carbons (Fsp3) is 0.519. The van der Waals surface area contributed by atoms with Crippen LogP contribution in [0.5, 0.6) is 0 Å². The minimum absolute atomic E-state index is 0.0411. The lowest BCUT2D eigenvalue weighted by atomic mass is 10.1. The molecule has 0 bridgehead atoms. The van der Waals surface area contributed by atoms with Gasteiger partial charge in [-0.05, 0) is 36.5 Å². The molecule has 4 atom stereocenters. The number of hydrogen-bond acceptors (Lipinski definition) is 8. The van der Waals surface area contributed by atoms with Crippen molar-refractivity contribution in [2.24, 2.45) is 0 Å². The van der Waals surface area contributed by atoms with Gasteiger partial charge >= 0.3 is 0 Å². The fourth-order valence-electron chi connectivity index (χ4n) is 4.84. The number of imidazole rings is 2. The van der Waals surface area contributed by atoms with Gasteiger partial charge in [0, 0.05) is 31.1 Å². The lowest BCUT2D eigenvalue weighted by Gasteiger charge is -2.40. The first-order valence-electron chi connectivity index (χ1n) is 13.5. The van der Waals surface area contributed by atoms with Gasteiger partial charge < -0.3 is 18.8 Å². The van der Waals surface area contributed by atoms with E-state index in [0.29, 0.717) is 30.8 Å². The van der Waals surface area contributed by atoms with E-state index in [9.17, 15) is 20.0 Å². The highest BCUT2D eigenvalue weighted by Gasteiger charge is 2.50. The van der Waals surface area contributed by atoms with Gasteiger partial charge in [0.1, 0.15) is 12.2 Å². The number of nitrogens with zero attached hydrogens (tertiary/aromatic N) is 6. The van der Waals surface area contributed by atoms with E-state index in [4.69, 9.17) is 14.1 Å². The second-order valence-electron chi connectivity index (χ2n) is 11.9. The number of hydrogen-bond donors (Lipinski definition) is 1. The third-order valence-electron chi connectivity index (χ3n) is 8.28. The lowest BCUT2D eigenvalue weighted by molar-refractivity contribution is -0.384. The number of fused-ring (bicyclic) bond motifs is 2. The van der Waals surface area contributed by atoms with Crippen molar-refractivity contribution in [1.29, 1.82) is 0 Å². The molecule has 4 aromatic rings. The summed E-state index contributed by atoms with van der Waals surface area (Å²) in [6.45, 7) is 13.2. The zero-order valence-corrected chi connectivity index (χ0v) is 24.6. The Morgan fingerprint density at radius 1 is 1.20 bits per heavy atom. The molecular formula is C27H36N6O6Si. The Morgan fingerprint density at radius 2 is 1.90 bits per heavy atom. The maximum Gasteiger partial charge on any atom is 0.287 e. The summed E-state index contributed by atoms with van der Waals surface area (Å²) in [4.78, 5) is 33.1. The molecule has 12 nitrogen and oxygen atoms in total. The van der Waals surface area contributed by atoms with Crippen LogP contribution in [0.1, 0.15) is 45.9 Å². The van der Waals surface area contributed by atoms with E-state index in [0.717, 1.165) is 5.56 Å². The van der Waals surface area contributed by atoms with Crippen molar-refractivity contribution in [3.63, 3.8) is 0 Å². The Morgan fingerprint density at radius 3 is 2.52 bits per heavy atom. The molecule has 4 heterocycles. The molecule has 1 aliphatic heterocycles. The molecule has 1 aromatic carbocycles. The first-order valence-corrected chi connectivity index (χ1v) is 16.4. The van der Waals surface area contributed by atoms with E-state index in [1.54, 1.807) is 29.1 Å². The SMILES string of the molecule is CC[C@H]1O[C@@H](n2cnc3c(=O)n4ccn(CCc5ccc([N+](=O)[O-])cc5)c4nc32)[C@H](O[Si](C)(C)C(C)(C)C)[C@@H]1O. The van der Waals surface area contributed by atoms with E-state index in [1.165, 1.54) is 22.9 Å². The Bertz CT molecular complexity index is 1600. The average Bonchev–Trinajstić information content (AvgIpc) is 3.59. The molecule has 0 aliphatic carbocycles. The van der Waals surface area contributed by atoms with E-state index in [-0.39, 0.29) is 21.8 Å². The highest BCUT2D eigenvalue weighted by atomic mass is 28.4. The van der Waals surface area contributed by atoms with Gasteiger partial charge in [0.15, 0.2) is 25.7 Å². The molecule has 1 saturated heterocycles. The molecule has 3 aromatic heterocycles. The second-order valence-corrected chi connectivity index (χ2v) is 16.6. The van der Waals surface area contributed by atoms with Crippen LogP contribution in [0.2, 0.25) is 18.1 Å². The van der Waals surface area contributed by atoms with Crippen molar-refractivity contribution in [3.8, 4) is 0 Å². The number of benzene rings is 1. The summed E-state index contributed by atoms with van der Waals surface area (Å²) in [5.74, 6) is 0.439. The van der Waals surface area contributed by atoms with Gasteiger partial charge in [0.25, 0.3) is 11.2 Å². The molecule has 0 unspecified atom stereocenters. The van der Waals surface area contributed by atoms with E-state index in [1.807, 2.05) is 11.5 Å². The predicted molar refractivity (Wildman–Crippen MR) is 152 cm³/mol. The molecule has 1 fully saturated rings. The number of aromatic nitrogens is 5. The summed E-state index contributed by atoms with van der Waals surface area (Å²) in [5, 5.41) is 22.1. The molecule has 1 aliphatic rings. The van der Waals surface area contributed by atoms with Crippen molar-refractivity contribution in [2.75, 3.05) is 0 Å². The normalized spacial score (nSPS) is 22.0. The number of ether oxygens (including phenoxy) is 1. The smallest absolute Gasteiger partial charge is 0.287 e. The molecule has 5 rings (SSSR count).